The molecule has 1 aliphatic rings. The van der Waals surface area contributed by atoms with E-state index in [1.807, 2.05) is 67.6 Å². The van der Waals surface area contributed by atoms with Gasteiger partial charge in [-0.05, 0) is 71.0 Å². The first kappa shape index (κ1) is 46.9. The molecule has 0 spiro atoms. The minimum Gasteiger partial charge on any atom is -0.351 e. The first-order chi connectivity index (χ1) is 27.9. The van der Waals surface area contributed by atoms with Crippen LogP contribution in [0.15, 0.2) is 60.7 Å². The molecule has 3 rings (SSSR count). The molecule has 1 aliphatic heterocycles. The van der Waals surface area contributed by atoms with Crippen LogP contribution >= 0.6 is 0 Å². The smallest absolute Gasteiger partial charge is 0.317 e. The van der Waals surface area contributed by atoms with Crippen LogP contribution in [0.3, 0.4) is 0 Å². The van der Waals surface area contributed by atoms with Crippen molar-refractivity contribution in [2.45, 2.75) is 102 Å². The van der Waals surface area contributed by atoms with Crippen LogP contribution in [0.2, 0.25) is 0 Å². The number of urea groups is 2. The fourth-order valence-corrected chi connectivity index (χ4v) is 6.86. The first-order valence-corrected chi connectivity index (χ1v) is 20.4. The molecule has 58 heavy (non-hydrogen) atoms. The van der Waals surface area contributed by atoms with Gasteiger partial charge in [0.1, 0.15) is 18.4 Å². The van der Waals surface area contributed by atoms with Gasteiger partial charge in [-0.15, -0.1) is 0 Å². The Hall–Kier alpha value is -5.51. The molecule has 318 valence electrons. The standard InChI is InChI=1S/C42H63N9O7/c1-6-37(54)47-34(28-52)27-49(7-2)41(57)44-23-14-15-24-45-42(58)50(26-30(3)46-39(55)31(4)43-5)25-22-35-20-21-36(51(35)29-53)40(56)48-38(32-16-10-8-11-17-32)33-18-12-9-13-19-33/h8-13,16-19,28-31,34-36,38,43H,6-7,14-15,20-27H2,1-5H3,(H,44,57)(H,45,58)(H,46,55)(H,47,54)(H,48,56)/t30?,31?,34-,35+,36?/m0/s1. The molecule has 8 amide bonds. The highest BCUT2D eigenvalue weighted by molar-refractivity contribution is 5.85. The van der Waals surface area contributed by atoms with Crippen LogP contribution in [-0.4, -0.2) is 134 Å². The maximum Gasteiger partial charge on any atom is 0.317 e. The minimum atomic E-state index is -0.798. The van der Waals surface area contributed by atoms with Gasteiger partial charge in [-0.3, -0.25) is 19.2 Å². The fraction of sp³-hybridized carbons (Fsp3) is 0.548. The Bertz CT molecular complexity index is 1580. The van der Waals surface area contributed by atoms with Crippen molar-refractivity contribution in [2.75, 3.05) is 46.3 Å². The van der Waals surface area contributed by atoms with Gasteiger partial charge in [-0.2, -0.15) is 0 Å². The largest absolute Gasteiger partial charge is 0.351 e. The van der Waals surface area contributed by atoms with Gasteiger partial charge in [0.2, 0.25) is 24.1 Å². The average molecular weight is 806 g/mol. The molecule has 6 N–H and O–H groups in total. The normalized spacial score (nSPS) is 16.3. The molecule has 3 unspecified atom stereocenters. The lowest BCUT2D eigenvalue weighted by molar-refractivity contribution is -0.132. The van der Waals surface area contributed by atoms with Crippen LogP contribution in [0, 0.1) is 0 Å². The summed E-state index contributed by atoms with van der Waals surface area (Å²) in [5.74, 6) is -0.725. The maximum absolute atomic E-state index is 13.8. The number of unbranched alkanes of at least 4 members (excludes halogenated alkanes) is 1. The van der Waals surface area contributed by atoms with E-state index in [1.165, 1.54) is 4.90 Å². The van der Waals surface area contributed by atoms with Crippen LogP contribution in [0.4, 0.5) is 9.59 Å². The van der Waals surface area contributed by atoms with E-state index in [1.54, 1.807) is 37.6 Å². The number of nitrogens with zero attached hydrogens (tertiary/aromatic N) is 3. The number of amides is 8. The number of rotatable bonds is 24. The number of benzene rings is 2. The molecular weight excluding hydrogens is 743 g/mol. The van der Waals surface area contributed by atoms with E-state index in [0.29, 0.717) is 58.0 Å². The Kier molecular flexibility index (Phi) is 20.2. The van der Waals surface area contributed by atoms with Crippen molar-refractivity contribution in [2.24, 2.45) is 0 Å². The quantitative estimate of drug-likeness (QED) is 0.0686. The fourth-order valence-electron chi connectivity index (χ4n) is 6.86. The second-order valence-corrected chi connectivity index (χ2v) is 14.6. The summed E-state index contributed by atoms with van der Waals surface area (Å²) in [6.45, 7) is 8.58. The van der Waals surface area contributed by atoms with Crippen molar-refractivity contribution in [3.8, 4) is 0 Å². The molecule has 2 aromatic carbocycles. The number of hydrogen-bond donors (Lipinski definition) is 6. The molecule has 5 atom stereocenters. The number of likely N-dealkylation sites (tertiary alicyclic amines) is 1. The predicted molar refractivity (Wildman–Crippen MR) is 221 cm³/mol. The topological polar surface area (TPSA) is 201 Å². The van der Waals surface area contributed by atoms with Crippen LogP contribution in [0.25, 0.3) is 0 Å². The molecule has 2 aromatic rings. The highest BCUT2D eigenvalue weighted by atomic mass is 16.2. The SMILES string of the molecule is CCC(=O)N[C@H](C=O)CN(CC)C(=O)NCCCCNC(=O)N(CC[C@H]1CCC(C(=O)NC(c2ccccc2)c2ccccc2)N1C=O)CC(C)NC(=O)C(C)NC. The van der Waals surface area contributed by atoms with Crippen LogP contribution in [-0.2, 0) is 24.0 Å². The van der Waals surface area contributed by atoms with Gasteiger partial charge in [-0.25, -0.2) is 9.59 Å². The van der Waals surface area contributed by atoms with Crippen molar-refractivity contribution < 1.29 is 33.6 Å². The number of likely N-dealkylation sites (N-methyl/N-ethyl adjacent to an activating group) is 2. The molecule has 1 fully saturated rings. The van der Waals surface area contributed by atoms with E-state index >= 15 is 0 Å². The first-order valence-electron chi connectivity index (χ1n) is 20.4. The summed E-state index contributed by atoms with van der Waals surface area (Å²) in [4.78, 5) is 93.0. The lowest BCUT2D eigenvalue weighted by atomic mass is 9.98. The highest BCUT2D eigenvalue weighted by Crippen LogP contribution is 2.28. The Labute approximate surface area is 342 Å². The van der Waals surface area contributed by atoms with E-state index in [4.69, 9.17) is 0 Å². The Morgan fingerprint density at radius 1 is 0.793 bits per heavy atom. The zero-order chi connectivity index (χ0) is 42.5. The van der Waals surface area contributed by atoms with Gasteiger partial charge < -0.3 is 51.4 Å². The average Bonchev–Trinajstić information content (AvgIpc) is 3.66. The summed E-state index contributed by atoms with van der Waals surface area (Å²) in [7, 11) is 1.69. The molecule has 0 bridgehead atoms. The summed E-state index contributed by atoms with van der Waals surface area (Å²) in [5, 5.41) is 17.4. The van der Waals surface area contributed by atoms with Gasteiger partial charge in [0.15, 0.2) is 0 Å². The van der Waals surface area contributed by atoms with E-state index in [0.717, 1.165) is 17.5 Å². The predicted octanol–water partition coefficient (Wildman–Crippen LogP) is 2.30. The molecule has 0 saturated carbocycles. The summed E-state index contributed by atoms with van der Waals surface area (Å²) in [6, 6.07) is 15.7. The molecule has 16 nitrogen and oxygen atoms in total. The summed E-state index contributed by atoms with van der Waals surface area (Å²) in [6.07, 6.45) is 4.19. The third-order valence-electron chi connectivity index (χ3n) is 10.3. The van der Waals surface area contributed by atoms with E-state index < -0.39 is 24.2 Å². The lowest BCUT2D eigenvalue weighted by Crippen LogP contribution is -2.52. The number of hydrogen-bond acceptors (Lipinski definition) is 8. The second-order valence-electron chi connectivity index (χ2n) is 14.6. The van der Waals surface area contributed by atoms with Crippen LogP contribution in [0.1, 0.15) is 83.4 Å². The molecule has 1 heterocycles. The van der Waals surface area contributed by atoms with Crippen molar-refractivity contribution in [3.05, 3.63) is 71.8 Å². The zero-order valence-electron chi connectivity index (χ0n) is 34.6. The Balaban J connectivity index is 1.58. The van der Waals surface area contributed by atoms with E-state index in [-0.39, 0.29) is 67.9 Å². The van der Waals surface area contributed by atoms with Gasteiger partial charge >= 0.3 is 12.1 Å². The van der Waals surface area contributed by atoms with Gasteiger partial charge in [0, 0.05) is 57.8 Å². The van der Waals surface area contributed by atoms with Gasteiger partial charge in [-0.1, -0.05) is 67.6 Å². The van der Waals surface area contributed by atoms with Crippen molar-refractivity contribution in [1.29, 1.82) is 0 Å². The summed E-state index contributed by atoms with van der Waals surface area (Å²) >= 11 is 0. The van der Waals surface area contributed by atoms with E-state index in [9.17, 15) is 33.6 Å². The Morgan fingerprint density at radius 2 is 1.38 bits per heavy atom. The summed E-state index contributed by atoms with van der Waals surface area (Å²) in [5.41, 5.74) is 1.85. The number of aldehydes is 1. The third kappa shape index (κ3) is 14.8. The van der Waals surface area contributed by atoms with E-state index in [2.05, 4.69) is 31.9 Å². The highest BCUT2D eigenvalue weighted by Gasteiger charge is 2.38. The maximum atomic E-state index is 13.8. The van der Waals surface area contributed by atoms with Crippen molar-refractivity contribution >= 4 is 42.5 Å². The molecule has 16 heteroatoms. The minimum absolute atomic E-state index is 0.0541. The summed E-state index contributed by atoms with van der Waals surface area (Å²) < 4.78 is 0. The Morgan fingerprint density at radius 3 is 1.90 bits per heavy atom. The molecular formula is C42H63N9O7. The number of nitrogens with one attached hydrogen (secondary N) is 6. The third-order valence-corrected chi connectivity index (χ3v) is 10.3. The van der Waals surface area contributed by atoms with Crippen molar-refractivity contribution in [1.82, 2.24) is 46.6 Å². The van der Waals surface area contributed by atoms with Gasteiger partial charge in [0.25, 0.3) is 0 Å². The monoisotopic (exact) mass is 805 g/mol. The van der Waals surface area contributed by atoms with Gasteiger partial charge in [0.05, 0.1) is 12.1 Å². The second kappa shape index (κ2) is 25.0. The zero-order valence-corrected chi connectivity index (χ0v) is 34.6. The molecule has 1 saturated heterocycles. The molecule has 0 radical (unpaired) electrons. The number of carbonyl (C=O) groups excluding carboxylic acids is 7. The molecule has 0 aliphatic carbocycles. The van der Waals surface area contributed by atoms with Crippen LogP contribution in [0.5, 0.6) is 0 Å². The molecule has 0 aromatic heterocycles. The number of carbonyl (C=O) groups is 7. The van der Waals surface area contributed by atoms with Crippen molar-refractivity contribution in [3.63, 3.8) is 0 Å². The lowest BCUT2D eigenvalue weighted by Gasteiger charge is -2.31. The van der Waals surface area contributed by atoms with Crippen LogP contribution < -0.4 is 31.9 Å².